The fourth-order valence-electron chi connectivity index (χ4n) is 2.55. The maximum atomic E-state index is 13.7. The summed E-state index contributed by atoms with van der Waals surface area (Å²) in [6, 6.07) is 4.15. The number of hydrogen-bond acceptors (Lipinski definition) is 2. The summed E-state index contributed by atoms with van der Waals surface area (Å²) in [6.45, 7) is 4.87. The van der Waals surface area contributed by atoms with Crippen molar-refractivity contribution in [1.29, 1.82) is 0 Å². The minimum Gasteiger partial charge on any atom is -0.342 e. The third kappa shape index (κ3) is 3.97. The molecule has 1 heterocycles. The van der Waals surface area contributed by atoms with E-state index in [4.69, 9.17) is 11.6 Å². The Bertz CT molecular complexity index is 569. The van der Waals surface area contributed by atoms with E-state index in [-0.39, 0.29) is 34.4 Å². The predicted molar refractivity (Wildman–Crippen MR) is 84.2 cm³/mol. The molecule has 0 atom stereocenters. The Morgan fingerprint density at radius 1 is 1.32 bits per heavy atom. The second-order valence-corrected chi connectivity index (χ2v) is 6.30. The highest BCUT2D eigenvalue weighted by atomic mass is 35.5. The van der Waals surface area contributed by atoms with Gasteiger partial charge in [-0.15, -0.1) is 0 Å². The summed E-state index contributed by atoms with van der Waals surface area (Å²) in [4.78, 5) is 25.9. The van der Waals surface area contributed by atoms with Gasteiger partial charge in [-0.1, -0.05) is 25.4 Å². The van der Waals surface area contributed by atoms with Gasteiger partial charge in [-0.2, -0.15) is 0 Å². The van der Waals surface area contributed by atoms with E-state index in [0.29, 0.717) is 25.9 Å². The molecule has 1 aromatic carbocycles. The van der Waals surface area contributed by atoms with E-state index in [1.54, 1.807) is 4.90 Å². The molecule has 0 radical (unpaired) electrons. The fraction of sp³-hybridized carbons (Fsp3) is 0.500. The molecule has 1 N–H and O–H groups in total. The quantitative estimate of drug-likeness (QED) is 0.926. The van der Waals surface area contributed by atoms with Gasteiger partial charge in [0.2, 0.25) is 11.8 Å². The zero-order valence-electron chi connectivity index (χ0n) is 12.7. The Morgan fingerprint density at radius 2 is 1.95 bits per heavy atom. The maximum absolute atomic E-state index is 13.7. The number of nitrogens with one attached hydrogen (secondary N) is 1. The van der Waals surface area contributed by atoms with Crippen molar-refractivity contribution >= 4 is 29.1 Å². The number of hydrogen-bond donors (Lipinski definition) is 1. The first-order valence-electron chi connectivity index (χ1n) is 7.43. The minimum atomic E-state index is -0.548. The molecule has 22 heavy (non-hydrogen) atoms. The largest absolute Gasteiger partial charge is 0.342 e. The van der Waals surface area contributed by atoms with Crippen molar-refractivity contribution in [3.8, 4) is 0 Å². The van der Waals surface area contributed by atoms with Gasteiger partial charge in [0.1, 0.15) is 5.82 Å². The molecule has 6 heteroatoms. The van der Waals surface area contributed by atoms with E-state index >= 15 is 0 Å². The molecule has 4 nitrogen and oxygen atoms in total. The van der Waals surface area contributed by atoms with Gasteiger partial charge in [-0.3, -0.25) is 9.59 Å². The third-order valence-electron chi connectivity index (χ3n) is 3.86. The fourth-order valence-corrected chi connectivity index (χ4v) is 2.71. The van der Waals surface area contributed by atoms with Crippen LogP contribution in [0, 0.1) is 17.7 Å². The van der Waals surface area contributed by atoms with E-state index in [2.05, 4.69) is 5.32 Å². The first-order chi connectivity index (χ1) is 10.4. The third-order valence-corrected chi connectivity index (χ3v) is 4.10. The van der Waals surface area contributed by atoms with Crippen LogP contribution >= 0.6 is 11.6 Å². The number of rotatable bonds is 3. The molecule has 2 rings (SSSR count). The second kappa shape index (κ2) is 7.09. The Labute approximate surface area is 134 Å². The normalized spacial score (nSPS) is 16.0. The number of carbonyl (C=O) groups excluding carboxylic acids is 2. The van der Waals surface area contributed by atoms with E-state index in [9.17, 15) is 14.0 Å². The van der Waals surface area contributed by atoms with Crippen molar-refractivity contribution in [2.45, 2.75) is 26.7 Å². The van der Waals surface area contributed by atoms with E-state index in [1.807, 2.05) is 13.8 Å². The van der Waals surface area contributed by atoms with Crippen LogP contribution < -0.4 is 5.32 Å². The summed E-state index contributed by atoms with van der Waals surface area (Å²) in [7, 11) is 0. The molecule has 0 saturated carbocycles. The number of likely N-dealkylation sites (tertiary alicyclic amines) is 1. The average Bonchev–Trinajstić information content (AvgIpc) is 2.49. The molecule has 0 bridgehead atoms. The second-order valence-electron chi connectivity index (χ2n) is 5.87. The van der Waals surface area contributed by atoms with E-state index in [1.165, 1.54) is 18.2 Å². The summed E-state index contributed by atoms with van der Waals surface area (Å²) in [5.74, 6) is -0.881. The lowest BCUT2D eigenvalue weighted by Crippen LogP contribution is -2.43. The maximum Gasteiger partial charge on any atom is 0.227 e. The van der Waals surface area contributed by atoms with Crippen molar-refractivity contribution in [2.24, 2.45) is 11.8 Å². The van der Waals surface area contributed by atoms with Crippen molar-refractivity contribution in [3.63, 3.8) is 0 Å². The number of halogens is 2. The van der Waals surface area contributed by atoms with Crippen LogP contribution in [0.5, 0.6) is 0 Å². The molecule has 1 aliphatic heterocycles. The van der Waals surface area contributed by atoms with Crippen LogP contribution in [0.1, 0.15) is 26.7 Å². The predicted octanol–water partition coefficient (Wildman–Crippen LogP) is 3.31. The van der Waals surface area contributed by atoms with Gasteiger partial charge >= 0.3 is 0 Å². The molecule has 0 aromatic heterocycles. The number of carbonyl (C=O) groups is 2. The molecule has 0 spiro atoms. The molecular weight excluding hydrogens is 307 g/mol. The van der Waals surface area contributed by atoms with Crippen molar-refractivity contribution in [1.82, 2.24) is 4.90 Å². The van der Waals surface area contributed by atoms with Crippen LogP contribution in [0.2, 0.25) is 5.02 Å². The van der Waals surface area contributed by atoms with Gasteiger partial charge in [-0.25, -0.2) is 4.39 Å². The van der Waals surface area contributed by atoms with E-state index in [0.717, 1.165) is 0 Å². The smallest absolute Gasteiger partial charge is 0.227 e. The topological polar surface area (TPSA) is 49.4 Å². The molecule has 0 unspecified atom stereocenters. The summed E-state index contributed by atoms with van der Waals surface area (Å²) < 4.78 is 13.7. The zero-order valence-corrected chi connectivity index (χ0v) is 13.5. The van der Waals surface area contributed by atoms with Gasteiger partial charge in [0.25, 0.3) is 0 Å². The van der Waals surface area contributed by atoms with Crippen LogP contribution in [0.4, 0.5) is 10.1 Å². The first kappa shape index (κ1) is 16.7. The molecule has 120 valence electrons. The first-order valence-corrected chi connectivity index (χ1v) is 7.81. The van der Waals surface area contributed by atoms with Gasteiger partial charge in [0.15, 0.2) is 0 Å². The minimum absolute atomic E-state index is 0.0338. The number of benzene rings is 1. The Hall–Kier alpha value is -1.62. The van der Waals surface area contributed by atoms with Crippen molar-refractivity contribution in [2.75, 3.05) is 18.4 Å². The Kier molecular flexibility index (Phi) is 5.40. The lowest BCUT2D eigenvalue weighted by atomic mass is 9.95. The molecule has 1 aromatic rings. The lowest BCUT2D eigenvalue weighted by molar-refractivity contribution is -0.137. The van der Waals surface area contributed by atoms with Crippen LogP contribution in [-0.2, 0) is 9.59 Å². The van der Waals surface area contributed by atoms with Gasteiger partial charge in [-0.05, 0) is 31.0 Å². The number of piperidine rings is 1. The molecule has 0 aliphatic carbocycles. The number of anilines is 1. The Morgan fingerprint density at radius 3 is 2.50 bits per heavy atom. The van der Waals surface area contributed by atoms with Gasteiger partial charge < -0.3 is 10.2 Å². The summed E-state index contributed by atoms with van der Waals surface area (Å²) >= 11 is 5.68. The number of amides is 2. The summed E-state index contributed by atoms with van der Waals surface area (Å²) in [5.41, 5.74) is 0.134. The highest BCUT2D eigenvalue weighted by molar-refractivity contribution is 6.30. The zero-order chi connectivity index (χ0) is 16.3. The highest BCUT2D eigenvalue weighted by Crippen LogP contribution is 2.23. The lowest BCUT2D eigenvalue weighted by Gasteiger charge is -2.32. The average molecular weight is 327 g/mol. The monoisotopic (exact) mass is 326 g/mol. The van der Waals surface area contributed by atoms with Crippen LogP contribution in [0.15, 0.2) is 18.2 Å². The summed E-state index contributed by atoms with van der Waals surface area (Å²) in [5, 5.41) is 2.89. The van der Waals surface area contributed by atoms with E-state index < -0.39 is 5.82 Å². The van der Waals surface area contributed by atoms with Gasteiger partial charge in [0, 0.05) is 29.9 Å². The highest BCUT2D eigenvalue weighted by Gasteiger charge is 2.28. The SMILES string of the molecule is CC(C)C(=O)N1CCC(C(=O)Nc2ccc(Cl)cc2F)CC1. The number of nitrogens with zero attached hydrogens (tertiary/aromatic N) is 1. The van der Waals surface area contributed by atoms with Crippen LogP contribution in [0.3, 0.4) is 0 Å². The summed E-state index contributed by atoms with van der Waals surface area (Å²) in [6.07, 6.45) is 1.19. The molecule has 1 fully saturated rings. The van der Waals surface area contributed by atoms with Gasteiger partial charge in [0.05, 0.1) is 5.69 Å². The van der Waals surface area contributed by atoms with Crippen molar-refractivity contribution < 1.29 is 14.0 Å². The molecule has 2 amide bonds. The van der Waals surface area contributed by atoms with Crippen LogP contribution in [-0.4, -0.2) is 29.8 Å². The molecular formula is C16H20ClFN2O2. The van der Waals surface area contributed by atoms with Crippen LogP contribution in [0.25, 0.3) is 0 Å². The van der Waals surface area contributed by atoms with Crippen molar-refractivity contribution in [3.05, 3.63) is 29.0 Å². The molecule has 1 aliphatic rings. The Balaban J connectivity index is 1.91. The molecule has 1 saturated heterocycles. The standard InChI is InChI=1S/C16H20ClFN2O2/c1-10(2)16(22)20-7-5-11(6-8-20)15(21)19-14-4-3-12(17)9-13(14)18/h3-4,9-11H,5-8H2,1-2H3,(H,19,21).